The summed E-state index contributed by atoms with van der Waals surface area (Å²) in [5.41, 5.74) is 6.47. The van der Waals surface area contributed by atoms with E-state index < -0.39 is 0 Å². The standard InChI is InChI=1S/C17H25N3/c1-5-17-13(3)19-20(14(17)4)12-16-9-7-15(8-10-16)11-18-6-2/h7-10,18H,5-6,11-12H2,1-4H3. The molecule has 3 nitrogen and oxygen atoms in total. The summed E-state index contributed by atoms with van der Waals surface area (Å²) < 4.78 is 2.12. The van der Waals surface area contributed by atoms with Crippen LogP contribution in [0.3, 0.4) is 0 Å². The third kappa shape index (κ3) is 3.28. The zero-order chi connectivity index (χ0) is 14.5. The summed E-state index contributed by atoms with van der Waals surface area (Å²) in [6, 6.07) is 8.80. The molecule has 1 aromatic heterocycles. The lowest BCUT2D eigenvalue weighted by atomic mass is 10.1. The summed E-state index contributed by atoms with van der Waals surface area (Å²) in [6.07, 6.45) is 1.05. The number of hydrogen-bond acceptors (Lipinski definition) is 2. The van der Waals surface area contributed by atoms with Crippen molar-refractivity contribution >= 4 is 0 Å². The van der Waals surface area contributed by atoms with Crippen LogP contribution in [0.5, 0.6) is 0 Å². The third-order valence-corrected chi connectivity index (χ3v) is 3.82. The molecule has 3 heteroatoms. The number of rotatable bonds is 6. The summed E-state index contributed by atoms with van der Waals surface area (Å²) in [7, 11) is 0. The maximum Gasteiger partial charge on any atom is 0.0662 e. The van der Waals surface area contributed by atoms with Crippen LogP contribution in [0.15, 0.2) is 24.3 Å². The molecule has 1 heterocycles. The second-order valence-corrected chi connectivity index (χ2v) is 5.26. The van der Waals surface area contributed by atoms with Crippen molar-refractivity contribution < 1.29 is 0 Å². The van der Waals surface area contributed by atoms with Crippen LogP contribution in [-0.4, -0.2) is 16.3 Å². The molecule has 0 bridgehead atoms. The van der Waals surface area contributed by atoms with Crippen molar-refractivity contribution in [3.05, 3.63) is 52.3 Å². The van der Waals surface area contributed by atoms with Gasteiger partial charge in [-0.15, -0.1) is 0 Å². The summed E-state index contributed by atoms with van der Waals surface area (Å²) in [5, 5.41) is 8.00. The molecule has 0 atom stereocenters. The maximum absolute atomic E-state index is 4.65. The Kier molecular flexibility index (Phi) is 4.96. The first-order valence-corrected chi connectivity index (χ1v) is 7.47. The first kappa shape index (κ1) is 14.8. The Hall–Kier alpha value is -1.61. The lowest BCUT2D eigenvalue weighted by molar-refractivity contribution is 0.657. The smallest absolute Gasteiger partial charge is 0.0662 e. The highest BCUT2D eigenvalue weighted by molar-refractivity contribution is 5.27. The predicted octanol–water partition coefficient (Wildman–Crippen LogP) is 3.22. The molecule has 0 spiro atoms. The number of hydrogen-bond donors (Lipinski definition) is 1. The average molecular weight is 271 g/mol. The van der Waals surface area contributed by atoms with Gasteiger partial charge in [0.1, 0.15) is 0 Å². The molecular formula is C17H25N3. The van der Waals surface area contributed by atoms with E-state index in [1.807, 2.05) is 0 Å². The highest BCUT2D eigenvalue weighted by Gasteiger charge is 2.09. The zero-order valence-corrected chi connectivity index (χ0v) is 13.0. The largest absolute Gasteiger partial charge is 0.313 e. The molecule has 2 aromatic rings. The maximum atomic E-state index is 4.65. The molecule has 0 aliphatic carbocycles. The number of benzene rings is 1. The van der Waals surface area contributed by atoms with Crippen LogP contribution in [0.1, 0.15) is 41.9 Å². The van der Waals surface area contributed by atoms with E-state index in [0.717, 1.165) is 31.7 Å². The number of aromatic nitrogens is 2. The van der Waals surface area contributed by atoms with Crippen molar-refractivity contribution in [1.82, 2.24) is 15.1 Å². The molecule has 1 aromatic carbocycles. The molecule has 0 fully saturated rings. The van der Waals surface area contributed by atoms with Crippen molar-refractivity contribution in [2.75, 3.05) is 6.54 Å². The second-order valence-electron chi connectivity index (χ2n) is 5.26. The van der Waals surface area contributed by atoms with E-state index >= 15 is 0 Å². The van der Waals surface area contributed by atoms with Gasteiger partial charge in [0.25, 0.3) is 0 Å². The SMILES string of the molecule is CCNCc1ccc(Cn2nc(C)c(CC)c2C)cc1. The molecular weight excluding hydrogens is 246 g/mol. The molecule has 20 heavy (non-hydrogen) atoms. The fraction of sp³-hybridized carbons (Fsp3) is 0.471. The quantitative estimate of drug-likeness (QED) is 0.874. The molecule has 0 aliphatic rings. The van der Waals surface area contributed by atoms with Crippen molar-refractivity contribution in [2.24, 2.45) is 0 Å². The van der Waals surface area contributed by atoms with Crippen LogP contribution in [0.2, 0.25) is 0 Å². The van der Waals surface area contributed by atoms with Gasteiger partial charge in [-0.25, -0.2) is 0 Å². The Labute approximate surface area is 122 Å². The average Bonchev–Trinajstić information content (AvgIpc) is 2.72. The van der Waals surface area contributed by atoms with Crippen molar-refractivity contribution in [3.8, 4) is 0 Å². The van der Waals surface area contributed by atoms with Gasteiger partial charge in [-0.05, 0) is 43.5 Å². The minimum atomic E-state index is 0.855. The highest BCUT2D eigenvalue weighted by Crippen LogP contribution is 2.15. The van der Waals surface area contributed by atoms with Crippen molar-refractivity contribution in [3.63, 3.8) is 0 Å². The summed E-state index contributed by atoms with van der Waals surface area (Å²) in [4.78, 5) is 0. The van der Waals surface area contributed by atoms with Crippen LogP contribution < -0.4 is 5.32 Å². The lowest BCUT2D eigenvalue weighted by Crippen LogP contribution is -2.11. The Morgan fingerprint density at radius 3 is 2.25 bits per heavy atom. The van der Waals surface area contributed by atoms with Crippen molar-refractivity contribution in [1.29, 1.82) is 0 Å². The molecule has 108 valence electrons. The van der Waals surface area contributed by atoms with Gasteiger partial charge >= 0.3 is 0 Å². The van der Waals surface area contributed by atoms with Gasteiger partial charge in [0, 0.05) is 12.2 Å². The van der Waals surface area contributed by atoms with Crippen LogP contribution >= 0.6 is 0 Å². The first-order chi connectivity index (χ1) is 9.65. The van der Waals surface area contributed by atoms with E-state index in [9.17, 15) is 0 Å². The number of nitrogens with zero attached hydrogens (tertiary/aromatic N) is 2. The van der Waals surface area contributed by atoms with E-state index in [2.05, 4.69) is 67.1 Å². The van der Waals surface area contributed by atoms with Gasteiger partial charge in [0.15, 0.2) is 0 Å². The Morgan fingerprint density at radius 2 is 1.70 bits per heavy atom. The van der Waals surface area contributed by atoms with E-state index in [-0.39, 0.29) is 0 Å². The summed E-state index contributed by atoms with van der Waals surface area (Å²) in [5.74, 6) is 0. The number of nitrogens with one attached hydrogen (secondary N) is 1. The van der Waals surface area contributed by atoms with E-state index in [0.29, 0.717) is 0 Å². The van der Waals surface area contributed by atoms with Gasteiger partial charge in [0.05, 0.1) is 12.2 Å². The molecule has 0 radical (unpaired) electrons. The van der Waals surface area contributed by atoms with Gasteiger partial charge in [-0.3, -0.25) is 4.68 Å². The Bertz CT molecular complexity index is 552. The van der Waals surface area contributed by atoms with Crippen LogP contribution in [0.4, 0.5) is 0 Å². The Morgan fingerprint density at radius 1 is 1.05 bits per heavy atom. The molecule has 0 saturated carbocycles. The predicted molar refractivity (Wildman–Crippen MR) is 84.0 cm³/mol. The van der Waals surface area contributed by atoms with E-state index in [1.165, 1.54) is 22.4 Å². The molecule has 2 rings (SSSR count). The lowest BCUT2D eigenvalue weighted by Gasteiger charge is -2.07. The monoisotopic (exact) mass is 271 g/mol. The summed E-state index contributed by atoms with van der Waals surface area (Å²) >= 11 is 0. The van der Waals surface area contributed by atoms with Crippen molar-refractivity contribution in [2.45, 2.75) is 47.2 Å². The number of aryl methyl sites for hydroxylation is 1. The van der Waals surface area contributed by atoms with Gasteiger partial charge < -0.3 is 5.32 Å². The van der Waals surface area contributed by atoms with E-state index in [4.69, 9.17) is 0 Å². The Balaban J connectivity index is 2.10. The van der Waals surface area contributed by atoms with Crippen LogP contribution in [0, 0.1) is 13.8 Å². The molecule has 0 amide bonds. The fourth-order valence-electron chi connectivity index (χ4n) is 2.60. The molecule has 0 unspecified atom stereocenters. The topological polar surface area (TPSA) is 29.9 Å². The summed E-state index contributed by atoms with van der Waals surface area (Å²) in [6.45, 7) is 11.4. The van der Waals surface area contributed by atoms with Gasteiger partial charge in [0.2, 0.25) is 0 Å². The molecule has 0 aliphatic heterocycles. The van der Waals surface area contributed by atoms with Gasteiger partial charge in [-0.2, -0.15) is 5.10 Å². The van der Waals surface area contributed by atoms with Gasteiger partial charge in [-0.1, -0.05) is 38.1 Å². The molecule has 1 N–H and O–H groups in total. The normalized spacial score (nSPS) is 11.0. The minimum Gasteiger partial charge on any atom is -0.313 e. The fourth-order valence-corrected chi connectivity index (χ4v) is 2.60. The van der Waals surface area contributed by atoms with Crippen LogP contribution in [0.25, 0.3) is 0 Å². The second kappa shape index (κ2) is 6.71. The van der Waals surface area contributed by atoms with E-state index in [1.54, 1.807) is 0 Å². The zero-order valence-electron chi connectivity index (χ0n) is 13.0. The van der Waals surface area contributed by atoms with Crippen LogP contribution in [-0.2, 0) is 19.5 Å². The molecule has 0 saturated heterocycles. The third-order valence-electron chi connectivity index (χ3n) is 3.82. The first-order valence-electron chi connectivity index (χ1n) is 7.47. The highest BCUT2D eigenvalue weighted by atomic mass is 15.3. The minimum absolute atomic E-state index is 0.855.